The highest BCUT2D eigenvalue weighted by atomic mass is 16.3. The average molecular weight is 942 g/mol. The summed E-state index contributed by atoms with van der Waals surface area (Å²) in [5.74, 6) is 0.718. The Morgan fingerprint density at radius 2 is 0.721 bits per heavy atom. The molecular weight excluding hydrogens is 833 g/mol. The van der Waals surface area contributed by atoms with Crippen LogP contribution in [0.2, 0.25) is 0 Å². The van der Waals surface area contributed by atoms with Crippen LogP contribution in [-0.2, 0) is 23.9 Å². The highest BCUT2D eigenvalue weighted by molar-refractivity contribution is 5.86. The van der Waals surface area contributed by atoms with Crippen LogP contribution in [0.3, 0.4) is 0 Å². The van der Waals surface area contributed by atoms with Crippen LogP contribution >= 0.6 is 0 Å². The molecule has 1 saturated carbocycles. The van der Waals surface area contributed by atoms with Gasteiger partial charge in [-0.25, -0.2) is 0 Å². The van der Waals surface area contributed by atoms with Gasteiger partial charge in [0.2, 0.25) is 0 Å². The van der Waals surface area contributed by atoms with Gasteiger partial charge in [0.1, 0.15) is 11.5 Å². The second-order valence-corrected chi connectivity index (χ2v) is 23.3. The van der Waals surface area contributed by atoms with Crippen LogP contribution in [0.5, 0.6) is 11.5 Å². The molecule has 2 aromatic rings. The summed E-state index contributed by atoms with van der Waals surface area (Å²) in [5, 5.41) is 23.7. The fraction of sp³-hybridized carbons (Fsp3) is 0.774. The summed E-state index contributed by atoms with van der Waals surface area (Å²) in [6.45, 7) is 28.8. The summed E-state index contributed by atoms with van der Waals surface area (Å²) in [6.07, 6.45) is 39.6. The van der Waals surface area contributed by atoms with Crippen LogP contribution in [0, 0.1) is 0 Å². The Bertz CT molecular complexity index is 1530. The minimum atomic E-state index is -0.203. The lowest BCUT2D eigenvalue weighted by atomic mass is 9.84. The molecule has 0 bridgehead atoms. The quantitative estimate of drug-likeness (QED) is 0.0527. The lowest BCUT2D eigenvalue weighted by Crippen LogP contribution is -2.27. The van der Waals surface area contributed by atoms with Crippen molar-refractivity contribution < 1.29 is 10.2 Å². The van der Waals surface area contributed by atoms with Crippen LogP contribution < -0.4 is 0 Å². The van der Waals surface area contributed by atoms with E-state index in [1.165, 1.54) is 165 Å². The van der Waals surface area contributed by atoms with E-state index in [0.717, 1.165) is 87.2 Å². The van der Waals surface area contributed by atoms with Crippen molar-refractivity contribution in [1.82, 2.24) is 9.80 Å². The van der Waals surface area contributed by atoms with Crippen molar-refractivity contribution >= 4 is 12.4 Å². The van der Waals surface area contributed by atoms with E-state index in [4.69, 9.17) is 9.98 Å². The molecular formula is C62H108N4O2. The van der Waals surface area contributed by atoms with Gasteiger partial charge in [0, 0.05) is 47.8 Å². The zero-order valence-electron chi connectivity index (χ0n) is 46.3. The van der Waals surface area contributed by atoms with Crippen LogP contribution in [0.25, 0.3) is 0 Å². The van der Waals surface area contributed by atoms with Crippen molar-refractivity contribution in [2.45, 2.75) is 285 Å². The molecule has 2 atom stereocenters. The van der Waals surface area contributed by atoms with Gasteiger partial charge in [0.05, 0.1) is 12.1 Å². The van der Waals surface area contributed by atoms with Gasteiger partial charge in [-0.15, -0.1) is 0 Å². The molecule has 0 spiro atoms. The van der Waals surface area contributed by atoms with Gasteiger partial charge in [0.15, 0.2) is 0 Å². The summed E-state index contributed by atoms with van der Waals surface area (Å²) in [7, 11) is 0. The fourth-order valence-electron chi connectivity index (χ4n) is 10.3. The topological polar surface area (TPSA) is 71.7 Å². The third kappa shape index (κ3) is 23.5. The van der Waals surface area contributed by atoms with Gasteiger partial charge in [0.25, 0.3) is 0 Å². The van der Waals surface area contributed by atoms with E-state index in [9.17, 15) is 10.2 Å². The second-order valence-electron chi connectivity index (χ2n) is 23.3. The van der Waals surface area contributed by atoms with Crippen LogP contribution in [0.4, 0.5) is 0 Å². The zero-order valence-corrected chi connectivity index (χ0v) is 46.3. The van der Waals surface area contributed by atoms with E-state index in [0.29, 0.717) is 11.5 Å². The largest absolute Gasteiger partial charge is 0.507 e. The van der Waals surface area contributed by atoms with Crippen molar-refractivity contribution in [2.75, 3.05) is 26.2 Å². The van der Waals surface area contributed by atoms with E-state index in [-0.39, 0.29) is 22.9 Å². The summed E-state index contributed by atoms with van der Waals surface area (Å²) < 4.78 is 0. The van der Waals surface area contributed by atoms with Gasteiger partial charge in [-0.05, 0) is 98.8 Å². The van der Waals surface area contributed by atoms with E-state index < -0.39 is 0 Å². The summed E-state index contributed by atoms with van der Waals surface area (Å²) in [6, 6.07) is 9.01. The van der Waals surface area contributed by atoms with Crippen LogP contribution in [0.15, 0.2) is 34.3 Å². The molecule has 0 aliphatic heterocycles. The molecule has 0 saturated heterocycles. The molecule has 6 heteroatoms. The van der Waals surface area contributed by atoms with Crippen molar-refractivity contribution in [1.29, 1.82) is 0 Å². The van der Waals surface area contributed by atoms with Gasteiger partial charge in [-0.2, -0.15) is 0 Å². The minimum absolute atomic E-state index is 0.0237. The van der Waals surface area contributed by atoms with Gasteiger partial charge < -0.3 is 10.2 Å². The number of rotatable bonds is 36. The first-order valence-corrected chi connectivity index (χ1v) is 28.9. The normalized spacial score (nSPS) is 16.1. The maximum Gasteiger partial charge on any atom is 0.128 e. The molecule has 6 nitrogen and oxygen atoms in total. The first-order chi connectivity index (χ1) is 32.7. The van der Waals surface area contributed by atoms with E-state index >= 15 is 0 Å². The molecule has 0 radical (unpaired) electrons. The number of phenolic OH excluding ortho intramolecular Hbond substituents is 2. The second kappa shape index (κ2) is 33.8. The van der Waals surface area contributed by atoms with Gasteiger partial charge in [-0.1, -0.05) is 223 Å². The monoisotopic (exact) mass is 941 g/mol. The number of benzene rings is 2. The number of aliphatic imine (C=N–C) groups is 2. The predicted octanol–water partition coefficient (Wildman–Crippen LogP) is 17.6. The fourth-order valence-corrected chi connectivity index (χ4v) is 10.3. The Labute approximate surface area is 421 Å². The third-order valence-corrected chi connectivity index (χ3v) is 14.6. The molecule has 2 N–H and O–H groups in total. The Morgan fingerprint density at radius 1 is 0.441 bits per heavy atom. The summed E-state index contributed by atoms with van der Waals surface area (Å²) in [4.78, 5) is 15.9. The molecule has 3 rings (SSSR count). The summed E-state index contributed by atoms with van der Waals surface area (Å²) in [5.41, 5.74) is 5.78. The highest BCUT2D eigenvalue weighted by Crippen LogP contribution is 2.37. The molecule has 1 aliphatic rings. The number of unbranched alkanes of at least 4 members (excludes halogenated alkanes) is 20. The maximum atomic E-state index is 11.8. The molecule has 388 valence electrons. The van der Waals surface area contributed by atoms with E-state index in [2.05, 4.69) is 103 Å². The number of nitrogens with zero attached hydrogens (tertiary/aromatic N) is 4. The average Bonchev–Trinajstić information content (AvgIpc) is 3.30. The molecule has 0 unspecified atom stereocenters. The molecule has 0 aromatic heterocycles. The van der Waals surface area contributed by atoms with Crippen molar-refractivity contribution in [2.24, 2.45) is 9.98 Å². The first kappa shape index (κ1) is 59.6. The van der Waals surface area contributed by atoms with Crippen LogP contribution in [0.1, 0.15) is 282 Å². The lowest BCUT2D eigenvalue weighted by Gasteiger charge is -2.27. The highest BCUT2D eigenvalue weighted by Gasteiger charge is 2.26. The van der Waals surface area contributed by atoms with E-state index in [1.807, 2.05) is 12.4 Å². The smallest absolute Gasteiger partial charge is 0.128 e. The first-order valence-electron chi connectivity index (χ1n) is 28.9. The number of hydrogen-bond acceptors (Lipinski definition) is 6. The molecule has 1 fully saturated rings. The standard InChI is InChI=1S/C62H108N4O2/c1-11-15-19-23-27-33-39-65(40-34-28-24-20-16-12-2)49-51-43-53(59(67)55(45-51)61(5,6)7)47-63-57-37-31-32-38-58(57)64-48-54-44-52(46-56(60(54)68)62(8,9)10)50-66(41-35-29-25-21-17-13-3)42-36-30-26-22-18-14-4/h43-48,57-58,67-68H,11-42,49-50H2,1-10H3/t57-,58-/m0/s1. The Morgan fingerprint density at radius 3 is 1.00 bits per heavy atom. The Hall–Kier alpha value is -2.70. The molecule has 68 heavy (non-hydrogen) atoms. The molecule has 0 heterocycles. The minimum Gasteiger partial charge on any atom is -0.507 e. The number of phenols is 2. The van der Waals surface area contributed by atoms with Gasteiger partial charge in [-0.3, -0.25) is 19.8 Å². The predicted molar refractivity (Wildman–Crippen MR) is 299 cm³/mol. The molecule has 2 aromatic carbocycles. The van der Waals surface area contributed by atoms with Gasteiger partial charge >= 0.3 is 0 Å². The Kier molecular flexibility index (Phi) is 29.6. The Balaban J connectivity index is 1.88. The molecule has 0 amide bonds. The van der Waals surface area contributed by atoms with E-state index in [1.54, 1.807) is 0 Å². The third-order valence-electron chi connectivity index (χ3n) is 14.6. The number of aromatic hydroxyl groups is 2. The SMILES string of the molecule is CCCCCCCCN(CCCCCCCC)Cc1cc(C=N[C@H]2CCCC[C@@H]2N=Cc2cc(CN(CCCCCCCC)CCCCCCCC)cc(C(C)(C)C)c2O)c(O)c(C(C)(C)C)c1. The van der Waals surface area contributed by atoms with Crippen LogP contribution in [-0.4, -0.2) is 70.7 Å². The lowest BCUT2D eigenvalue weighted by molar-refractivity contribution is 0.252. The van der Waals surface area contributed by atoms with Crippen molar-refractivity contribution in [3.05, 3.63) is 57.6 Å². The number of hydrogen-bond donors (Lipinski definition) is 2. The zero-order chi connectivity index (χ0) is 49.6. The van der Waals surface area contributed by atoms with Crippen molar-refractivity contribution in [3.63, 3.8) is 0 Å². The molecule has 1 aliphatic carbocycles. The van der Waals surface area contributed by atoms with Crippen molar-refractivity contribution in [3.8, 4) is 11.5 Å². The maximum absolute atomic E-state index is 11.8. The summed E-state index contributed by atoms with van der Waals surface area (Å²) >= 11 is 0.